The molecule has 9 heteroatoms. The molecule has 150 valence electrons. The highest BCUT2D eigenvalue weighted by atomic mass is 35.5. The second-order valence-electron chi connectivity index (χ2n) is 5.44. The average Bonchev–Trinajstić information content (AvgIpc) is 2.69. The highest BCUT2D eigenvalue weighted by Gasteiger charge is 2.12. The number of rotatable bonds is 9. The summed E-state index contributed by atoms with van der Waals surface area (Å²) in [6, 6.07) is 8.77. The van der Waals surface area contributed by atoms with Gasteiger partial charge in [-0.2, -0.15) is 5.10 Å². The van der Waals surface area contributed by atoms with Gasteiger partial charge in [0.25, 0.3) is 0 Å². The minimum Gasteiger partial charge on any atom is -0.493 e. The normalized spacial score (nSPS) is 10.8. The molecule has 0 fully saturated rings. The molecule has 0 heterocycles. The number of benzene rings is 2. The maximum Gasteiger partial charge on any atom is 0.250 e. The van der Waals surface area contributed by atoms with Gasteiger partial charge in [0.05, 0.1) is 33.3 Å². The third kappa shape index (κ3) is 5.95. The summed E-state index contributed by atoms with van der Waals surface area (Å²) in [7, 11) is 4.59. The molecule has 0 bridgehead atoms. The second kappa shape index (κ2) is 11.0. The van der Waals surface area contributed by atoms with Crippen molar-refractivity contribution in [1.29, 1.82) is 0 Å². The zero-order valence-corrected chi connectivity index (χ0v) is 18.0. The van der Waals surface area contributed by atoms with Crippen LogP contribution in [0.3, 0.4) is 0 Å². The number of thioether (sulfide) groups is 1. The fraction of sp³-hybridized carbons (Fsp3) is 0.263. The first-order chi connectivity index (χ1) is 13.5. The molecule has 2 aromatic rings. The SMILES string of the molecule is COc1cc(/C=N/NC(=O)CSCc2c(Cl)cccc2Cl)cc(OC)c1OC. The molecule has 0 saturated carbocycles. The molecule has 2 rings (SSSR count). The van der Waals surface area contributed by atoms with Crippen LogP contribution in [0.25, 0.3) is 0 Å². The number of methoxy groups -OCH3 is 3. The summed E-state index contributed by atoms with van der Waals surface area (Å²) in [6.45, 7) is 0. The molecular weight excluding hydrogens is 423 g/mol. The van der Waals surface area contributed by atoms with E-state index in [-0.39, 0.29) is 11.7 Å². The second-order valence-corrected chi connectivity index (χ2v) is 7.24. The molecule has 1 amide bonds. The van der Waals surface area contributed by atoms with Crippen LogP contribution < -0.4 is 19.6 Å². The number of halogens is 2. The zero-order valence-electron chi connectivity index (χ0n) is 15.6. The van der Waals surface area contributed by atoms with Crippen molar-refractivity contribution in [3.63, 3.8) is 0 Å². The molecule has 1 N–H and O–H groups in total. The molecule has 0 aliphatic rings. The van der Waals surface area contributed by atoms with E-state index < -0.39 is 0 Å². The molecule has 0 unspecified atom stereocenters. The number of hydrogen-bond donors (Lipinski definition) is 1. The van der Waals surface area contributed by atoms with Gasteiger partial charge >= 0.3 is 0 Å². The summed E-state index contributed by atoms with van der Waals surface area (Å²) in [5.74, 6) is 2.00. The summed E-state index contributed by atoms with van der Waals surface area (Å²) in [5.41, 5.74) is 3.98. The van der Waals surface area contributed by atoms with Crippen molar-refractivity contribution in [3.05, 3.63) is 51.5 Å². The Hall–Kier alpha value is -2.09. The van der Waals surface area contributed by atoms with Crippen LogP contribution in [0.5, 0.6) is 17.2 Å². The molecule has 0 aromatic heterocycles. The molecule has 0 spiro atoms. The smallest absolute Gasteiger partial charge is 0.250 e. The predicted octanol–water partition coefficient (Wildman–Crippen LogP) is 4.40. The summed E-state index contributed by atoms with van der Waals surface area (Å²) in [5, 5.41) is 5.13. The van der Waals surface area contributed by atoms with E-state index in [1.165, 1.54) is 39.3 Å². The third-order valence-electron chi connectivity index (χ3n) is 3.63. The number of nitrogens with zero attached hydrogens (tertiary/aromatic N) is 1. The largest absolute Gasteiger partial charge is 0.493 e. The molecular formula is C19H20Cl2N2O4S. The number of amides is 1. The van der Waals surface area contributed by atoms with Crippen molar-refractivity contribution in [3.8, 4) is 17.2 Å². The van der Waals surface area contributed by atoms with E-state index in [4.69, 9.17) is 37.4 Å². The molecule has 0 aliphatic heterocycles. The lowest BCUT2D eigenvalue weighted by Gasteiger charge is -2.12. The van der Waals surface area contributed by atoms with Crippen molar-refractivity contribution >= 4 is 47.1 Å². The molecule has 0 aliphatic carbocycles. The van der Waals surface area contributed by atoms with Gasteiger partial charge < -0.3 is 14.2 Å². The van der Waals surface area contributed by atoms with E-state index in [0.717, 1.165) is 5.56 Å². The molecule has 2 aromatic carbocycles. The fourth-order valence-electron chi connectivity index (χ4n) is 2.30. The van der Waals surface area contributed by atoms with Crippen LogP contribution in [-0.2, 0) is 10.5 Å². The fourth-order valence-corrected chi connectivity index (χ4v) is 3.86. The maximum atomic E-state index is 12.0. The first kappa shape index (κ1) is 22.2. The van der Waals surface area contributed by atoms with E-state index >= 15 is 0 Å². The number of ether oxygens (including phenoxy) is 3. The van der Waals surface area contributed by atoms with Crippen LogP contribution >= 0.6 is 35.0 Å². The summed E-state index contributed by atoms with van der Waals surface area (Å²) >= 11 is 13.6. The van der Waals surface area contributed by atoms with Gasteiger partial charge in [0, 0.05) is 21.4 Å². The number of nitrogens with one attached hydrogen (secondary N) is 1. The van der Waals surface area contributed by atoms with Crippen molar-refractivity contribution in [2.45, 2.75) is 5.75 Å². The lowest BCUT2D eigenvalue weighted by atomic mass is 10.2. The maximum absolute atomic E-state index is 12.0. The number of carbonyl (C=O) groups excluding carboxylic acids is 1. The van der Waals surface area contributed by atoms with Gasteiger partial charge in [-0.3, -0.25) is 4.79 Å². The average molecular weight is 443 g/mol. The monoisotopic (exact) mass is 442 g/mol. The van der Waals surface area contributed by atoms with Gasteiger partial charge in [-0.05, 0) is 29.8 Å². The Bertz CT molecular complexity index is 817. The summed E-state index contributed by atoms with van der Waals surface area (Å²) in [6.07, 6.45) is 1.50. The van der Waals surface area contributed by atoms with Gasteiger partial charge in [0.15, 0.2) is 11.5 Å². The van der Waals surface area contributed by atoms with Crippen LogP contribution in [0, 0.1) is 0 Å². The highest BCUT2D eigenvalue weighted by molar-refractivity contribution is 7.99. The predicted molar refractivity (Wildman–Crippen MR) is 114 cm³/mol. The molecule has 28 heavy (non-hydrogen) atoms. The Labute approximate surface area is 178 Å². The van der Waals surface area contributed by atoms with Crippen molar-refractivity contribution in [2.75, 3.05) is 27.1 Å². The Morgan fingerprint density at radius 2 is 1.71 bits per heavy atom. The lowest BCUT2D eigenvalue weighted by Crippen LogP contribution is -2.19. The number of carbonyl (C=O) groups is 1. The Balaban J connectivity index is 1.91. The van der Waals surface area contributed by atoms with E-state index in [9.17, 15) is 4.79 Å². The van der Waals surface area contributed by atoms with Crippen LogP contribution in [-0.4, -0.2) is 39.2 Å². The number of hydrazone groups is 1. The van der Waals surface area contributed by atoms with Gasteiger partial charge in [-0.25, -0.2) is 5.43 Å². The van der Waals surface area contributed by atoms with Crippen LogP contribution in [0.15, 0.2) is 35.4 Å². The first-order valence-corrected chi connectivity index (χ1v) is 10.0. The molecule has 0 atom stereocenters. The zero-order chi connectivity index (χ0) is 20.5. The van der Waals surface area contributed by atoms with E-state index in [2.05, 4.69) is 10.5 Å². The van der Waals surface area contributed by atoms with E-state index in [1.807, 2.05) is 0 Å². The first-order valence-electron chi connectivity index (χ1n) is 8.12. The summed E-state index contributed by atoms with van der Waals surface area (Å²) < 4.78 is 15.8. The lowest BCUT2D eigenvalue weighted by molar-refractivity contribution is -0.118. The van der Waals surface area contributed by atoms with Crippen molar-refractivity contribution < 1.29 is 19.0 Å². The topological polar surface area (TPSA) is 69.2 Å². The Kier molecular flexibility index (Phi) is 8.76. The van der Waals surface area contributed by atoms with Gasteiger partial charge in [0.1, 0.15) is 0 Å². The molecule has 6 nitrogen and oxygen atoms in total. The Morgan fingerprint density at radius 3 is 2.25 bits per heavy atom. The van der Waals surface area contributed by atoms with Crippen molar-refractivity contribution in [1.82, 2.24) is 5.43 Å². The Morgan fingerprint density at radius 1 is 1.11 bits per heavy atom. The summed E-state index contributed by atoms with van der Waals surface area (Å²) in [4.78, 5) is 12.0. The third-order valence-corrected chi connectivity index (χ3v) is 5.30. The van der Waals surface area contributed by atoms with Crippen LogP contribution in [0.1, 0.15) is 11.1 Å². The van der Waals surface area contributed by atoms with Crippen molar-refractivity contribution in [2.24, 2.45) is 5.10 Å². The minimum atomic E-state index is -0.239. The molecule has 0 saturated heterocycles. The van der Waals surface area contributed by atoms with E-state index in [0.29, 0.717) is 38.6 Å². The molecule has 0 radical (unpaired) electrons. The van der Waals surface area contributed by atoms with Crippen LogP contribution in [0.4, 0.5) is 0 Å². The minimum absolute atomic E-state index is 0.216. The standard InChI is InChI=1S/C19H20Cl2N2O4S/c1-25-16-7-12(8-17(26-2)19(16)27-3)9-22-23-18(24)11-28-10-13-14(20)5-4-6-15(13)21/h4-9H,10-11H2,1-3H3,(H,23,24)/b22-9+. The van der Waals surface area contributed by atoms with Gasteiger partial charge in [-0.15, -0.1) is 11.8 Å². The quantitative estimate of drug-likeness (QED) is 0.460. The number of hydrogen-bond acceptors (Lipinski definition) is 6. The van der Waals surface area contributed by atoms with Gasteiger partial charge in [-0.1, -0.05) is 29.3 Å². The van der Waals surface area contributed by atoms with E-state index in [1.54, 1.807) is 30.3 Å². The van der Waals surface area contributed by atoms with Crippen LogP contribution in [0.2, 0.25) is 10.0 Å². The highest BCUT2D eigenvalue weighted by Crippen LogP contribution is 2.37. The van der Waals surface area contributed by atoms with Gasteiger partial charge in [0.2, 0.25) is 11.7 Å².